The van der Waals surface area contributed by atoms with E-state index < -0.39 is 5.97 Å². The minimum absolute atomic E-state index is 0.379. The summed E-state index contributed by atoms with van der Waals surface area (Å²) in [6.07, 6.45) is 4.39. The summed E-state index contributed by atoms with van der Waals surface area (Å²) in [7, 11) is 0. The second-order valence-corrected chi connectivity index (χ2v) is 4.55. The highest BCUT2D eigenvalue weighted by Crippen LogP contribution is 2.19. The molecule has 0 aliphatic heterocycles. The maximum Gasteiger partial charge on any atom is 0.345 e. The molecule has 0 aliphatic rings. The number of aromatic carboxylic acids is 1. The normalized spacial score (nSPS) is 10.6. The molecule has 0 atom stereocenters. The maximum absolute atomic E-state index is 10.7. The van der Waals surface area contributed by atoms with Gasteiger partial charge in [-0.25, -0.2) is 9.78 Å². The molecule has 0 saturated carbocycles. The summed E-state index contributed by atoms with van der Waals surface area (Å²) in [5.41, 5.74) is 0. The van der Waals surface area contributed by atoms with Crippen molar-refractivity contribution in [3.8, 4) is 0 Å². The summed E-state index contributed by atoms with van der Waals surface area (Å²) >= 11 is 1.31. The Balaban J connectivity index is 2.17. The number of imidazole rings is 1. The van der Waals surface area contributed by atoms with Crippen LogP contribution in [-0.4, -0.2) is 20.6 Å². The Morgan fingerprint density at radius 2 is 2.38 bits per heavy atom. The van der Waals surface area contributed by atoms with Gasteiger partial charge in [0.25, 0.3) is 0 Å². The van der Waals surface area contributed by atoms with Crippen LogP contribution in [-0.2, 0) is 13.0 Å². The Labute approximate surface area is 97.2 Å². The van der Waals surface area contributed by atoms with Crippen LogP contribution in [0.15, 0.2) is 24.5 Å². The van der Waals surface area contributed by atoms with Crippen molar-refractivity contribution in [1.29, 1.82) is 0 Å². The minimum atomic E-state index is -0.866. The van der Waals surface area contributed by atoms with Crippen molar-refractivity contribution >= 4 is 17.3 Å². The summed E-state index contributed by atoms with van der Waals surface area (Å²) < 4.78 is 2.06. The molecule has 1 N–H and O–H groups in total. The summed E-state index contributed by atoms with van der Waals surface area (Å²) in [6, 6.07) is 3.49. The van der Waals surface area contributed by atoms with Crippen LogP contribution >= 0.6 is 11.3 Å². The molecule has 2 rings (SSSR count). The smallest absolute Gasteiger partial charge is 0.345 e. The maximum atomic E-state index is 10.7. The predicted octanol–water partition coefficient (Wildman–Crippen LogP) is 2.25. The number of thiophene rings is 1. The van der Waals surface area contributed by atoms with E-state index in [0.717, 1.165) is 17.2 Å². The third-order valence-corrected chi connectivity index (χ3v) is 3.42. The van der Waals surface area contributed by atoms with Crippen molar-refractivity contribution in [2.45, 2.75) is 19.9 Å². The monoisotopic (exact) mass is 236 g/mol. The molecule has 0 saturated heterocycles. The molecule has 0 bridgehead atoms. The second kappa shape index (κ2) is 4.49. The van der Waals surface area contributed by atoms with Crippen molar-refractivity contribution in [3.05, 3.63) is 40.1 Å². The van der Waals surface area contributed by atoms with E-state index in [1.165, 1.54) is 11.3 Å². The van der Waals surface area contributed by atoms with Crippen LogP contribution in [0, 0.1) is 0 Å². The van der Waals surface area contributed by atoms with Crippen molar-refractivity contribution < 1.29 is 9.90 Å². The van der Waals surface area contributed by atoms with Gasteiger partial charge in [-0.3, -0.25) is 0 Å². The third kappa shape index (κ3) is 2.14. The van der Waals surface area contributed by atoms with E-state index in [1.807, 2.05) is 12.3 Å². The molecule has 0 amide bonds. The Kier molecular flexibility index (Phi) is 3.05. The van der Waals surface area contributed by atoms with Crippen molar-refractivity contribution in [2.24, 2.45) is 0 Å². The molecule has 0 aliphatic carbocycles. The number of carboxylic acids is 1. The summed E-state index contributed by atoms with van der Waals surface area (Å²) in [4.78, 5) is 16.4. The van der Waals surface area contributed by atoms with Gasteiger partial charge >= 0.3 is 5.97 Å². The van der Waals surface area contributed by atoms with Crippen LogP contribution in [0.5, 0.6) is 0 Å². The predicted molar refractivity (Wildman–Crippen MR) is 62.0 cm³/mol. The Morgan fingerprint density at radius 1 is 1.56 bits per heavy atom. The first-order valence-electron chi connectivity index (χ1n) is 5.02. The fraction of sp³-hybridized carbons (Fsp3) is 0.273. The van der Waals surface area contributed by atoms with Gasteiger partial charge in [0.1, 0.15) is 10.7 Å². The second-order valence-electron chi connectivity index (χ2n) is 3.38. The molecule has 2 aromatic heterocycles. The largest absolute Gasteiger partial charge is 0.477 e. The van der Waals surface area contributed by atoms with Gasteiger partial charge in [0, 0.05) is 30.2 Å². The molecule has 4 nitrogen and oxygen atoms in total. The first kappa shape index (κ1) is 10.9. The zero-order valence-electron chi connectivity index (χ0n) is 8.88. The van der Waals surface area contributed by atoms with Gasteiger partial charge in [0.05, 0.1) is 0 Å². The summed E-state index contributed by atoms with van der Waals surface area (Å²) in [5.74, 6) is 0.108. The lowest BCUT2D eigenvalue weighted by molar-refractivity contribution is 0.0702. The van der Waals surface area contributed by atoms with E-state index >= 15 is 0 Å². The van der Waals surface area contributed by atoms with Crippen LogP contribution in [0.1, 0.15) is 27.3 Å². The number of nitrogens with zero attached hydrogens (tertiary/aromatic N) is 2. The van der Waals surface area contributed by atoms with E-state index in [1.54, 1.807) is 12.3 Å². The summed E-state index contributed by atoms with van der Waals surface area (Å²) in [5, 5.41) is 8.81. The SMILES string of the molecule is CCn1ccnc1Cc1ccc(C(=O)O)s1. The zero-order chi connectivity index (χ0) is 11.5. The van der Waals surface area contributed by atoms with Gasteiger partial charge in [-0.1, -0.05) is 0 Å². The van der Waals surface area contributed by atoms with Crippen LogP contribution in [0.3, 0.4) is 0 Å². The minimum Gasteiger partial charge on any atom is -0.477 e. The highest BCUT2D eigenvalue weighted by Gasteiger charge is 2.09. The molecule has 5 heteroatoms. The van der Waals surface area contributed by atoms with Crippen molar-refractivity contribution in [2.75, 3.05) is 0 Å². The van der Waals surface area contributed by atoms with Gasteiger partial charge in [0.2, 0.25) is 0 Å². The zero-order valence-corrected chi connectivity index (χ0v) is 9.70. The third-order valence-electron chi connectivity index (χ3n) is 2.35. The van der Waals surface area contributed by atoms with E-state index in [2.05, 4.69) is 16.5 Å². The molecule has 0 spiro atoms. The van der Waals surface area contributed by atoms with E-state index in [4.69, 9.17) is 5.11 Å². The van der Waals surface area contributed by atoms with Gasteiger partial charge in [-0.2, -0.15) is 0 Å². The number of aromatic nitrogens is 2. The van der Waals surface area contributed by atoms with Crippen LogP contribution < -0.4 is 0 Å². The molecule has 84 valence electrons. The number of rotatable bonds is 4. The lowest BCUT2D eigenvalue weighted by Crippen LogP contribution is -2.00. The molecule has 0 radical (unpaired) electrons. The molecule has 2 aromatic rings. The number of hydrogen-bond acceptors (Lipinski definition) is 3. The standard InChI is InChI=1S/C11H12N2O2S/c1-2-13-6-5-12-10(13)7-8-3-4-9(16-8)11(14)15/h3-6H,2,7H2,1H3,(H,14,15). The average Bonchev–Trinajstić information content (AvgIpc) is 2.87. The van der Waals surface area contributed by atoms with Gasteiger partial charge < -0.3 is 9.67 Å². The Hall–Kier alpha value is -1.62. The molecule has 16 heavy (non-hydrogen) atoms. The van der Waals surface area contributed by atoms with Gasteiger partial charge in [-0.15, -0.1) is 11.3 Å². The fourth-order valence-electron chi connectivity index (χ4n) is 1.54. The first-order chi connectivity index (χ1) is 7.70. The molecule has 0 fully saturated rings. The fourth-order valence-corrected chi connectivity index (χ4v) is 2.38. The van der Waals surface area contributed by atoms with E-state index in [9.17, 15) is 4.79 Å². The molecule has 2 heterocycles. The lowest BCUT2D eigenvalue weighted by atomic mass is 10.3. The van der Waals surface area contributed by atoms with Crippen LogP contribution in [0.2, 0.25) is 0 Å². The summed E-state index contributed by atoms with van der Waals surface area (Å²) in [6.45, 7) is 2.94. The Bertz CT molecular complexity index is 502. The van der Waals surface area contributed by atoms with Gasteiger partial charge in [0.15, 0.2) is 0 Å². The van der Waals surface area contributed by atoms with E-state index in [-0.39, 0.29) is 0 Å². The molecular formula is C11H12N2O2S. The van der Waals surface area contributed by atoms with Crippen LogP contribution in [0.4, 0.5) is 0 Å². The Morgan fingerprint density at radius 3 is 3.00 bits per heavy atom. The van der Waals surface area contributed by atoms with Crippen molar-refractivity contribution in [3.63, 3.8) is 0 Å². The van der Waals surface area contributed by atoms with Crippen LogP contribution in [0.25, 0.3) is 0 Å². The average molecular weight is 236 g/mol. The lowest BCUT2D eigenvalue weighted by Gasteiger charge is -2.02. The molecular weight excluding hydrogens is 224 g/mol. The number of carbonyl (C=O) groups is 1. The highest BCUT2D eigenvalue weighted by molar-refractivity contribution is 7.13. The number of hydrogen-bond donors (Lipinski definition) is 1. The van der Waals surface area contributed by atoms with Crippen molar-refractivity contribution in [1.82, 2.24) is 9.55 Å². The molecule has 0 unspecified atom stereocenters. The number of aryl methyl sites for hydroxylation is 1. The quantitative estimate of drug-likeness (QED) is 0.885. The van der Waals surface area contributed by atoms with E-state index in [0.29, 0.717) is 11.3 Å². The molecule has 0 aromatic carbocycles. The van der Waals surface area contributed by atoms with Gasteiger partial charge in [-0.05, 0) is 19.1 Å². The number of carboxylic acid groups (broad SMARTS) is 1. The highest BCUT2D eigenvalue weighted by atomic mass is 32.1. The first-order valence-corrected chi connectivity index (χ1v) is 5.84. The topological polar surface area (TPSA) is 55.1 Å².